The van der Waals surface area contributed by atoms with E-state index in [1.165, 1.54) is 10.4 Å². The van der Waals surface area contributed by atoms with E-state index in [1.807, 2.05) is 33.1 Å². The van der Waals surface area contributed by atoms with E-state index in [0.717, 1.165) is 5.82 Å². The third-order valence-electron chi connectivity index (χ3n) is 3.21. The molecular formula is C14H21N5OS. The molecule has 7 heteroatoms. The number of nitrogens with zero attached hydrogens (tertiary/aromatic N) is 4. The predicted molar refractivity (Wildman–Crippen MR) is 84.7 cm³/mol. The first-order valence-corrected chi connectivity index (χ1v) is 7.74. The number of anilines is 1. The quantitative estimate of drug-likeness (QED) is 0.943. The summed E-state index contributed by atoms with van der Waals surface area (Å²) in [5.74, 6) is 1.14. The first-order valence-electron chi connectivity index (χ1n) is 6.86. The van der Waals surface area contributed by atoms with Crippen LogP contribution in [0.2, 0.25) is 0 Å². The summed E-state index contributed by atoms with van der Waals surface area (Å²) in [5, 5.41) is 9.07. The minimum absolute atomic E-state index is 0.205. The zero-order chi connectivity index (χ0) is 15.6. The van der Waals surface area contributed by atoms with Crippen LogP contribution in [0.25, 0.3) is 0 Å². The second-order valence-corrected chi connectivity index (χ2v) is 6.33. The van der Waals surface area contributed by atoms with Crippen molar-refractivity contribution in [2.24, 2.45) is 0 Å². The van der Waals surface area contributed by atoms with Gasteiger partial charge in [0.25, 0.3) is 0 Å². The standard InChI is InChI=1S/C14H21N5OS/c1-9(2)19-11(4)15-13(17-19)16-14(20)18(5)8-12-10(3)6-7-21-12/h6-7,9H,8H2,1-5H3,(H,16,17,20). The van der Waals surface area contributed by atoms with Gasteiger partial charge in [0.05, 0.1) is 6.54 Å². The van der Waals surface area contributed by atoms with Crippen LogP contribution in [0.4, 0.5) is 10.7 Å². The molecule has 0 aliphatic heterocycles. The van der Waals surface area contributed by atoms with Crippen molar-refractivity contribution in [1.82, 2.24) is 19.7 Å². The highest BCUT2D eigenvalue weighted by Gasteiger charge is 2.15. The number of carbonyl (C=O) groups is 1. The lowest BCUT2D eigenvalue weighted by atomic mass is 10.3. The maximum Gasteiger partial charge on any atom is 0.324 e. The molecule has 1 N–H and O–H groups in total. The van der Waals surface area contributed by atoms with Gasteiger partial charge in [0.2, 0.25) is 5.95 Å². The van der Waals surface area contributed by atoms with Gasteiger partial charge in [-0.3, -0.25) is 5.32 Å². The fourth-order valence-corrected chi connectivity index (χ4v) is 2.95. The Morgan fingerprint density at radius 3 is 2.71 bits per heavy atom. The third kappa shape index (κ3) is 3.60. The smallest absolute Gasteiger partial charge is 0.322 e. The van der Waals surface area contributed by atoms with Crippen molar-refractivity contribution in [3.8, 4) is 0 Å². The Balaban J connectivity index is 2.01. The highest BCUT2D eigenvalue weighted by Crippen LogP contribution is 2.17. The number of aryl methyl sites for hydroxylation is 2. The Labute approximate surface area is 128 Å². The fourth-order valence-electron chi connectivity index (χ4n) is 1.99. The Kier molecular flexibility index (Phi) is 4.62. The molecule has 0 fully saturated rings. The minimum Gasteiger partial charge on any atom is -0.322 e. The van der Waals surface area contributed by atoms with E-state index in [1.54, 1.807) is 28.0 Å². The molecule has 0 aromatic carbocycles. The summed E-state index contributed by atoms with van der Waals surface area (Å²) in [4.78, 5) is 19.2. The van der Waals surface area contributed by atoms with Crippen molar-refractivity contribution in [3.63, 3.8) is 0 Å². The third-order valence-corrected chi connectivity index (χ3v) is 4.21. The molecular weight excluding hydrogens is 286 g/mol. The molecule has 2 heterocycles. The van der Waals surface area contributed by atoms with E-state index in [4.69, 9.17) is 0 Å². The molecule has 0 unspecified atom stereocenters. The number of hydrogen-bond acceptors (Lipinski definition) is 4. The molecule has 0 aliphatic carbocycles. The summed E-state index contributed by atoms with van der Waals surface area (Å²) < 4.78 is 1.79. The monoisotopic (exact) mass is 307 g/mol. The number of carbonyl (C=O) groups excluding carboxylic acids is 1. The Morgan fingerprint density at radius 1 is 1.48 bits per heavy atom. The van der Waals surface area contributed by atoms with Gasteiger partial charge in [-0.2, -0.15) is 4.98 Å². The van der Waals surface area contributed by atoms with Crippen LogP contribution < -0.4 is 5.32 Å². The summed E-state index contributed by atoms with van der Waals surface area (Å²) in [5.41, 5.74) is 1.21. The average molecular weight is 307 g/mol. The van der Waals surface area contributed by atoms with Crippen molar-refractivity contribution in [3.05, 3.63) is 27.7 Å². The lowest BCUT2D eigenvalue weighted by molar-refractivity contribution is 0.221. The second-order valence-electron chi connectivity index (χ2n) is 5.33. The van der Waals surface area contributed by atoms with Gasteiger partial charge in [-0.25, -0.2) is 9.48 Å². The van der Waals surface area contributed by atoms with Crippen molar-refractivity contribution < 1.29 is 4.79 Å². The van der Waals surface area contributed by atoms with Crippen LogP contribution in [0.3, 0.4) is 0 Å². The van der Waals surface area contributed by atoms with Gasteiger partial charge in [0.1, 0.15) is 5.82 Å². The maximum atomic E-state index is 12.2. The van der Waals surface area contributed by atoms with Crippen molar-refractivity contribution >= 4 is 23.3 Å². The van der Waals surface area contributed by atoms with Crippen LogP contribution >= 0.6 is 11.3 Å². The molecule has 0 atom stereocenters. The number of rotatable bonds is 4. The molecule has 6 nitrogen and oxygen atoms in total. The average Bonchev–Trinajstić information content (AvgIpc) is 2.96. The minimum atomic E-state index is -0.205. The number of nitrogens with one attached hydrogen (secondary N) is 1. The van der Waals surface area contributed by atoms with Gasteiger partial charge < -0.3 is 4.90 Å². The number of urea groups is 1. The topological polar surface area (TPSA) is 63.1 Å². The van der Waals surface area contributed by atoms with Gasteiger partial charge >= 0.3 is 6.03 Å². The summed E-state index contributed by atoms with van der Waals surface area (Å²) in [6, 6.07) is 2.07. The Bertz CT molecular complexity index is 631. The highest BCUT2D eigenvalue weighted by molar-refractivity contribution is 7.10. The SMILES string of the molecule is Cc1ccsc1CN(C)C(=O)Nc1nc(C)n(C(C)C)n1. The molecule has 2 amide bonds. The Morgan fingerprint density at radius 2 is 2.19 bits per heavy atom. The first-order chi connectivity index (χ1) is 9.88. The first kappa shape index (κ1) is 15.5. The summed E-state index contributed by atoms with van der Waals surface area (Å²) >= 11 is 1.66. The van der Waals surface area contributed by atoms with Crippen molar-refractivity contribution in [1.29, 1.82) is 0 Å². The molecule has 2 rings (SSSR count). The number of aromatic nitrogens is 3. The Hall–Kier alpha value is -1.89. The summed E-state index contributed by atoms with van der Waals surface area (Å²) in [6.07, 6.45) is 0. The highest BCUT2D eigenvalue weighted by atomic mass is 32.1. The largest absolute Gasteiger partial charge is 0.324 e. The van der Waals surface area contributed by atoms with E-state index in [9.17, 15) is 4.79 Å². The van der Waals surface area contributed by atoms with Crippen LogP contribution in [0, 0.1) is 13.8 Å². The molecule has 0 spiro atoms. The van der Waals surface area contributed by atoms with Crippen LogP contribution in [0.1, 0.15) is 36.2 Å². The molecule has 2 aromatic heterocycles. The predicted octanol–water partition coefficient (Wildman–Crippen LogP) is 3.20. The fraction of sp³-hybridized carbons (Fsp3) is 0.500. The van der Waals surface area contributed by atoms with Gasteiger partial charge in [0, 0.05) is 18.0 Å². The van der Waals surface area contributed by atoms with Gasteiger partial charge in [-0.1, -0.05) is 0 Å². The van der Waals surface area contributed by atoms with Crippen LogP contribution in [0.15, 0.2) is 11.4 Å². The van der Waals surface area contributed by atoms with Crippen molar-refractivity contribution in [2.45, 2.75) is 40.3 Å². The van der Waals surface area contributed by atoms with E-state index < -0.39 is 0 Å². The van der Waals surface area contributed by atoms with Gasteiger partial charge in [-0.15, -0.1) is 16.4 Å². The van der Waals surface area contributed by atoms with E-state index in [-0.39, 0.29) is 12.1 Å². The molecule has 0 radical (unpaired) electrons. The number of amides is 2. The van der Waals surface area contributed by atoms with E-state index >= 15 is 0 Å². The van der Waals surface area contributed by atoms with E-state index in [0.29, 0.717) is 12.5 Å². The zero-order valence-electron chi connectivity index (χ0n) is 13.0. The molecule has 0 aliphatic rings. The molecule has 2 aromatic rings. The summed E-state index contributed by atoms with van der Waals surface area (Å²) in [7, 11) is 1.76. The second kappa shape index (κ2) is 6.26. The van der Waals surface area contributed by atoms with Crippen LogP contribution in [-0.2, 0) is 6.54 Å². The molecule has 0 bridgehead atoms. The molecule has 114 valence electrons. The molecule has 0 saturated heterocycles. The molecule has 21 heavy (non-hydrogen) atoms. The van der Waals surface area contributed by atoms with Gasteiger partial charge in [0.15, 0.2) is 0 Å². The van der Waals surface area contributed by atoms with Gasteiger partial charge in [-0.05, 0) is 44.7 Å². The molecule has 0 saturated carbocycles. The lowest BCUT2D eigenvalue weighted by Crippen LogP contribution is -2.31. The maximum absolute atomic E-state index is 12.2. The number of hydrogen-bond donors (Lipinski definition) is 1. The van der Waals surface area contributed by atoms with Crippen LogP contribution in [-0.4, -0.2) is 32.7 Å². The van der Waals surface area contributed by atoms with Crippen LogP contribution in [0.5, 0.6) is 0 Å². The lowest BCUT2D eigenvalue weighted by Gasteiger charge is -2.16. The normalized spacial score (nSPS) is 11.0. The van der Waals surface area contributed by atoms with E-state index in [2.05, 4.69) is 21.5 Å². The summed E-state index contributed by atoms with van der Waals surface area (Å²) in [6.45, 7) is 8.56. The van der Waals surface area contributed by atoms with Crippen molar-refractivity contribution in [2.75, 3.05) is 12.4 Å². The number of thiophene rings is 1. The zero-order valence-corrected chi connectivity index (χ0v) is 13.9.